The van der Waals surface area contributed by atoms with Gasteiger partial charge >= 0.3 is 5.97 Å². The molecular formula is C13H12ClN3O2. The van der Waals surface area contributed by atoms with E-state index >= 15 is 0 Å². The van der Waals surface area contributed by atoms with Crippen molar-refractivity contribution in [1.29, 1.82) is 0 Å². The van der Waals surface area contributed by atoms with Crippen molar-refractivity contribution < 1.29 is 9.90 Å². The quantitative estimate of drug-likeness (QED) is 0.914. The molecule has 0 saturated carbocycles. The van der Waals surface area contributed by atoms with Crippen LogP contribution in [0.4, 0.5) is 0 Å². The molecule has 0 saturated heterocycles. The van der Waals surface area contributed by atoms with E-state index in [2.05, 4.69) is 9.97 Å². The molecule has 0 bridgehead atoms. The molecule has 2 aromatic rings. The van der Waals surface area contributed by atoms with E-state index in [9.17, 15) is 4.79 Å². The van der Waals surface area contributed by atoms with Gasteiger partial charge in [-0.3, -0.25) is 9.78 Å². The van der Waals surface area contributed by atoms with Crippen molar-refractivity contribution in [2.45, 2.75) is 19.4 Å². The first kappa shape index (κ1) is 12.2. The van der Waals surface area contributed by atoms with Crippen molar-refractivity contribution in [2.24, 2.45) is 5.92 Å². The summed E-state index contributed by atoms with van der Waals surface area (Å²) in [5.74, 6) is -0.354. The fourth-order valence-electron chi connectivity index (χ4n) is 2.44. The van der Waals surface area contributed by atoms with Gasteiger partial charge in [-0.1, -0.05) is 11.6 Å². The smallest absolute Gasteiger partial charge is 0.306 e. The van der Waals surface area contributed by atoms with E-state index < -0.39 is 5.97 Å². The van der Waals surface area contributed by atoms with Crippen LogP contribution in [0.5, 0.6) is 0 Å². The van der Waals surface area contributed by atoms with Crippen LogP contribution in [0.3, 0.4) is 0 Å². The predicted molar refractivity (Wildman–Crippen MR) is 69.9 cm³/mol. The number of carboxylic acid groups (broad SMARTS) is 1. The number of pyridine rings is 1. The van der Waals surface area contributed by atoms with E-state index in [4.69, 9.17) is 16.7 Å². The molecule has 0 fully saturated rings. The van der Waals surface area contributed by atoms with Crippen LogP contribution in [0.15, 0.2) is 24.5 Å². The van der Waals surface area contributed by atoms with E-state index in [1.165, 1.54) is 0 Å². The first-order chi connectivity index (χ1) is 9.16. The summed E-state index contributed by atoms with van der Waals surface area (Å²) in [7, 11) is 0. The Morgan fingerprint density at radius 3 is 2.84 bits per heavy atom. The zero-order valence-corrected chi connectivity index (χ0v) is 10.8. The fourth-order valence-corrected chi connectivity index (χ4v) is 2.70. The van der Waals surface area contributed by atoms with Crippen molar-refractivity contribution in [2.75, 3.05) is 0 Å². The van der Waals surface area contributed by atoms with Crippen molar-refractivity contribution in [3.8, 4) is 11.4 Å². The number of carboxylic acids is 1. The lowest BCUT2D eigenvalue weighted by Gasteiger charge is -2.22. The SMILES string of the molecule is O=C(O)C1CCn2c(-c3ccncc3)nc(Cl)c2C1. The average molecular weight is 278 g/mol. The Hall–Kier alpha value is -1.88. The Morgan fingerprint density at radius 1 is 1.42 bits per heavy atom. The van der Waals surface area contributed by atoms with Gasteiger partial charge in [-0.25, -0.2) is 4.98 Å². The van der Waals surface area contributed by atoms with Crippen LogP contribution < -0.4 is 0 Å². The van der Waals surface area contributed by atoms with Gasteiger partial charge in [-0.05, 0) is 18.6 Å². The Bertz CT molecular complexity index is 624. The Balaban J connectivity index is 2.03. The normalized spacial score (nSPS) is 18.1. The molecule has 3 heterocycles. The topological polar surface area (TPSA) is 68.0 Å². The van der Waals surface area contributed by atoms with Gasteiger partial charge in [0, 0.05) is 30.9 Å². The van der Waals surface area contributed by atoms with Crippen LogP contribution in [0.1, 0.15) is 12.1 Å². The lowest BCUT2D eigenvalue weighted by molar-refractivity contribution is -0.142. The summed E-state index contributed by atoms with van der Waals surface area (Å²) in [5, 5.41) is 9.50. The first-order valence-corrected chi connectivity index (χ1v) is 6.42. The molecule has 98 valence electrons. The minimum atomic E-state index is -0.769. The highest BCUT2D eigenvalue weighted by molar-refractivity contribution is 6.30. The summed E-state index contributed by atoms with van der Waals surface area (Å²) in [6.07, 6.45) is 4.45. The Labute approximate surface area is 114 Å². The molecule has 0 aliphatic carbocycles. The second-order valence-corrected chi connectivity index (χ2v) is 4.95. The molecule has 1 aliphatic rings. The largest absolute Gasteiger partial charge is 0.481 e. The van der Waals surface area contributed by atoms with Crippen molar-refractivity contribution in [1.82, 2.24) is 14.5 Å². The maximum atomic E-state index is 11.1. The van der Waals surface area contributed by atoms with Crippen LogP contribution >= 0.6 is 11.6 Å². The number of aliphatic carboxylic acids is 1. The molecule has 1 unspecified atom stereocenters. The Morgan fingerprint density at radius 2 is 2.16 bits per heavy atom. The average Bonchev–Trinajstić information content (AvgIpc) is 2.77. The first-order valence-electron chi connectivity index (χ1n) is 6.05. The second-order valence-electron chi connectivity index (χ2n) is 4.59. The second kappa shape index (κ2) is 4.66. The Kier molecular flexibility index (Phi) is 2.98. The highest BCUT2D eigenvalue weighted by atomic mass is 35.5. The summed E-state index contributed by atoms with van der Waals surface area (Å²) < 4.78 is 2.01. The molecule has 1 N–H and O–H groups in total. The van der Waals surface area contributed by atoms with Crippen LogP contribution in [0, 0.1) is 5.92 Å². The van der Waals surface area contributed by atoms with Gasteiger partial charge in [0.2, 0.25) is 0 Å². The van der Waals surface area contributed by atoms with Gasteiger partial charge in [0.1, 0.15) is 5.82 Å². The third-order valence-corrected chi connectivity index (χ3v) is 3.76. The maximum Gasteiger partial charge on any atom is 0.306 e. The molecule has 5 nitrogen and oxygen atoms in total. The van der Waals surface area contributed by atoms with Gasteiger partial charge in [-0.15, -0.1) is 0 Å². The number of halogens is 1. The van der Waals surface area contributed by atoms with Gasteiger partial charge in [-0.2, -0.15) is 0 Å². The molecule has 0 spiro atoms. The minimum absolute atomic E-state index is 0.369. The van der Waals surface area contributed by atoms with Gasteiger partial charge in [0.05, 0.1) is 11.6 Å². The highest BCUT2D eigenvalue weighted by Crippen LogP contribution is 2.31. The number of hydrogen-bond donors (Lipinski definition) is 1. The zero-order valence-electron chi connectivity index (χ0n) is 10.1. The summed E-state index contributed by atoms with van der Waals surface area (Å²) in [4.78, 5) is 19.4. The lowest BCUT2D eigenvalue weighted by atomic mass is 9.96. The van der Waals surface area contributed by atoms with Gasteiger partial charge in [0.15, 0.2) is 5.15 Å². The predicted octanol–water partition coefficient (Wildman–Crippen LogP) is 2.25. The molecule has 3 rings (SSSR count). The molecule has 0 amide bonds. The van der Waals surface area contributed by atoms with Crippen LogP contribution in [0.25, 0.3) is 11.4 Å². The number of rotatable bonds is 2. The third-order valence-electron chi connectivity index (χ3n) is 3.45. The number of nitrogens with zero attached hydrogens (tertiary/aromatic N) is 3. The molecule has 6 heteroatoms. The summed E-state index contributed by atoms with van der Waals surface area (Å²) in [6, 6.07) is 3.74. The van der Waals surface area contributed by atoms with E-state index in [-0.39, 0.29) is 5.92 Å². The summed E-state index contributed by atoms with van der Waals surface area (Å²) in [5.41, 5.74) is 1.75. The van der Waals surface area contributed by atoms with Crippen molar-refractivity contribution in [3.05, 3.63) is 35.4 Å². The van der Waals surface area contributed by atoms with E-state index in [1.807, 2.05) is 16.7 Å². The summed E-state index contributed by atoms with van der Waals surface area (Å²) >= 11 is 6.14. The molecule has 1 aliphatic heterocycles. The van der Waals surface area contributed by atoms with Crippen LogP contribution in [0.2, 0.25) is 5.15 Å². The summed E-state index contributed by atoms with van der Waals surface area (Å²) in [6.45, 7) is 0.629. The van der Waals surface area contributed by atoms with E-state index in [0.29, 0.717) is 24.5 Å². The monoisotopic (exact) mass is 277 g/mol. The molecule has 0 aromatic carbocycles. The van der Waals surface area contributed by atoms with E-state index in [0.717, 1.165) is 17.1 Å². The van der Waals surface area contributed by atoms with Crippen LogP contribution in [-0.2, 0) is 17.8 Å². The lowest BCUT2D eigenvalue weighted by Crippen LogP contribution is -2.25. The third kappa shape index (κ3) is 2.10. The number of aromatic nitrogens is 3. The molecular weight excluding hydrogens is 266 g/mol. The highest BCUT2D eigenvalue weighted by Gasteiger charge is 2.29. The van der Waals surface area contributed by atoms with Crippen LogP contribution in [-0.4, -0.2) is 25.6 Å². The standard InChI is InChI=1S/C13H12ClN3O2/c14-11-10-7-9(13(18)19)3-6-17(10)12(16-11)8-1-4-15-5-2-8/h1-2,4-5,9H,3,6-7H2,(H,18,19). The molecule has 19 heavy (non-hydrogen) atoms. The molecule has 2 aromatic heterocycles. The van der Waals surface area contributed by atoms with Gasteiger partial charge in [0.25, 0.3) is 0 Å². The zero-order chi connectivity index (χ0) is 13.4. The van der Waals surface area contributed by atoms with Crippen molar-refractivity contribution >= 4 is 17.6 Å². The molecule has 1 atom stereocenters. The minimum Gasteiger partial charge on any atom is -0.481 e. The number of imidazole rings is 1. The number of carbonyl (C=O) groups is 1. The van der Waals surface area contributed by atoms with Crippen molar-refractivity contribution in [3.63, 3.8) is 0 Å². The van der Waals surface area contributed by atoms with E-state index in [1.54, 1.807) is 12.4 Å². The number of hydrogen-bond acceptors (Lipinski definition) is 3. The maximum absolute atomic E-state index is 11.1. The fraction of sp³-hybridized carbons (Fsp3) is 0.308. The van der Waals surface area contributed by atoms with Gasteiger partial charge < -0.3 is 9.67 Å². The number of fused-ring (bicyclic) bond motifs is 1. The molecule has 0 radical (unpaired) electrons.